The number of fused-ring (bicyclic) bond motifs is 1. The van der Waals surface area contributed by atoms with Crippen molar-refractivity contribution < 1.29 is 4.84 Å². The molecule has 0 atom stereocenters. The van der Waals surface area contributed by atoms with Crippen molar-refractivity contribution in [2.45, 2.75) is 6.92 Å². The second kappa shape index (κ2) is 4.69. The van der Waals surface area contributed by atoms with Gasteiger partial charge in [0.1, 0.15) is 17.9 Å². The summed E-state index contributed by atoms with van der Waals surface area (Å²) in [6, 6.07) is 9.66. The highest BCUT2D eigenvalue weighted by molar-refractivity contribution is 5.84. The monoisotopic (exact) mass is 270 g/mol. The van der Waals surface area contributed by atoms with Gasteiger partial charge in [-0.3, -0.25) is 5.41 Å². The van der Waals surface area contributed by atoms with Crippen LogP contribution in [0.2, 0.25) is 0 Å². The number of nitrogens with two attached hydrogens (primary N) is 1. The normalized spacial score (nSPS) is 10.8. The number of nitrogen functional groups attached to an aromatic ring is 1. The van der Waals surface area contributed by atoms with Gasteiger partial charge in [-0.25, -0.2) is 4.98 Å². The molecular formula is C13H14N6O. The number of nitrogens with zero attached hydrogens (tertiary/aromatic N) is 3. The first kappa shape index (κ1) is 12.2. The summed E-state index contributed by atoms with van der Waals surface area (Å²) in [5.74, 6) is 0.949. The summed E-state index contributed by atoms with van der Waals surface area (Å²) in [6.07, 6.45) is 0. The topological polar surface area (TPSA) is 106 Å². The highest BCUT2D eigenvalue weighted by atomic mass is 16.7. The summed E-state index contributed by atoms with van der Waals surface area (Å²) in [7, 11) is 0. The molecular weight excluding hydrogens is 256 g/mol. The molecule has 3 rings (SSSR count). The standard InChI is InChI=1S/C13H14N6O/c1-2-20-19-10(14)9-12(18-13(19)15)17-11(16-9)8-6-4-3-5-7-8/h3-7H,2,14H2,1H3,(H2,15,16,17,18). The number of aromatic nitrogens is 4. The minimum Gasteiger partial charge on any atom is -0.409 e. The fourth-order valence-electron chi connectivity index (χ4n) is 1.98. The Balaban J connectivity index is 2.22. The van der Waals surface area contributed by atoms with E-state index in [0.29, 0.717) is 23.6 Å². The van der Waals surface area contributed by atoms with Crippen molar-refractivity contribution in [2.24, 2.45) is 0 Å². The van der Waals surface area contributed by atoms with Gasteiger partial charge in [0, 0.05) is 5.56 Å². The molecule has 0 aliphatic rings. The van der Waals surface area contributed by atoms with Gasteiger partial charge in [0.05, 0.1) is 0 Å². The largest absolute Gasteiger partial charge is 0.409 e. The summed E-state index contributed by atoms with van der Waals surface area (Å²) in [5.41, 5.74) is 7.82. The van der Waals surface area contributed by atoms with Crippen LogP contribution in [0.3, 0.4) is 0 Å². The van der Waals surface area contributed by atoms with Gasteiger partial charge in [0.15, 0.2) is 11.5 Å². The molecule has 102 valence electrons. The van der Waals surface area contributed by atoms with Crippen LogP contribution in [0.4, 0.5) is 5.82 Å². The zero-order valence-corrected chi connectivity index (χ0v) is 10.9. The lowest BCUT2D eigenvalue weighted by Crippen LogP contribution is -2.31. The van der Waals surface area contributed by atoms with Crippen LogP contribution in [0.1, 0.15) is 6.92 Å². The maximum Gasteiger partial charge on any atom is 0.259 e. The number of hydrogen-bond acceptors (Lipinski definition) is 5. The first-order chi connectivity index (χ1) is 9.70. The molecule has 7 heteroatoms. The predicted octanol–water partition coefficient (Wildman–Crippen LogP) is 0.937. The highest BCUT2D eigenvalue weighted by Gasteiger charge is 2.13. The Kier molecular flexibility index (Phi) is 2.86. The van der Waals surface area contributed by atoms with Gasteiger partial charge in [-0.15, -0.1) is 4.73 Å². The lowest BCUT2D eigenvalue weighted by Gasteiger charge is -2.09. The number of nitrogens with one attached hydrogen (secondary N) is 2. The smallest absolute Gasteiger partial charge is 0.259 e. The fraction of sp³-hybridized carbons (Fsp3) is 0.154. The third-order valence-corrected chi connectivity index (χ3v) is 2.87. The Morgan fingerprint density at radius 1 is 1.30 bits per heavy atom. The van der Waals surface area contributed by atoms with E-state index in [-0.39, 0.29) is 11.4 Å². The number of benzene rings is 1. The Labute approximate surface area is 114 Å². The average molecular weight is 270 g/mol. The summed E-state index contributed by atoms with van der Waals surface area (Å²) in [4.78, 5) is 16.9. The second-order valence-electron chi connectivity index (χ2n) is 4.18. The van der Waals surface area contributed by atoms with Crippen LogP contribution in [0, 0.1) is 5.41 Å². The van der Waals surface area contributed by atoms with Gasteiger partial charge >= 0.3 is 0 Å². The summed E-state index contributed by atoms with van der Waals surface area (Å²) in [6.45, 7) is 2.21. The van der Waals surface area contributed by atoms with Crippen molar-refractivity contribution in [2.75, 3.05) is 12.3 Å². The first-order valence-electron chi connectivity index (χ1n) is 6.22. The van der Waals surface area contributed by atoms with Gasteiger partial charge < -0.3 is 15.6 Å². The molecule has 0 aliphatic heterocycles. The fourth-order valence-corrected chi connectivity index (χ4v) is 1.98. The summed E-state index contributed by atoms with van der Waals surface area (Å²) in [5, 5.41) is 7.80. The Morgan fingerprint density at radius 2 is 2.05 bits per heavy atom. The van der Waals surface area contributed by atoms with Crippen LogP contribution >= 0.6 is 0 Å². The quantitative estimate of drug-likeness (QED) is 0.658. The van der Waals surface area contributed by atoms with Gasteiger partial charge in [-0.05, 0) is 6.92 Å². The molecule has 0 aliphatic carbocycles. The van der Waals surface area contributed by atoms with Crippen molar-refractivity contribution >= 4 is 17.0 Å². The molecule has 1 aromatic carbocycles. The van der Waals surface area contributed by atoms with E-state index in [1.807, 2.05) is 37.3 Å². The molecule has 3 aromatic rings. The van der Waals surface area contributed by atoms with Crippen LogP contribution in [-0.4, -0.2) is 26.3 Å². The molecule has 2 heterocycles. The van der Waals surface area contributed by atoms with Crippen molar-refractivity contribution in [3.05, 3.63) is 36.0 Å². The Bertz CT molecular complexity index is 805. The van der Waals surface area contributed by atoms with Gasteiger partial charge in [-0.1, -0.05) is 30.3 Å². The zero-order valence-electron chi connectivity index (χ0n) is 10.9. The maximum atomic E-state index is 7.80. The third-order valence-electron chi connectivity index (χ3n) is 2.87. The molecule has 0 amide bonds. The molecule has 20 heavy (non-hydrogen) atoms. The lowest BCUT2D eigenvalue weighted by molar-refractivity contribution is 0.112. The van der Waals surface area contributed by atoms with Crippen molar-refractivity contribution in [1.29, 1.82) is 5.41 Å². The number of hydrogen-bond donors (Lipinski definition) is 3. The molecule has 0 spiro atoms. The first-order valence-corrected chi connectivity index (χ1v) is 6.22. The summed E-state index contributed by atoms with van der Waals surface area (Å²) < 4.78 is 1.19. The van der Waals surface area contributed by atoms with E-state index >= 15 is 0 Å². The SMILES string of the molecule is CCOn1c(N)c2[nH]c(-c3ccccc3)nc2nc1=N. The van der Waals surface area contributed by atoms with Crippen LogP contribution in [0.15, 0.2) is 30.3 Å². The second-order valence-corrected chi connectivity index (χ2v) is 4.18. The minimum absolute atomic E-state index is 0.0806. The molecule has 0 fully saturated rings. The van der Waals surface area contributed by atoms with Gasteiger partial charge in [0.25, 0.3) is 5.62 Å². The highest BCUT2D eigenvalue weighted by Crippen LogP contribution is 2.21. The van der Waals surface area contributed by atoms with E-state index in [1.165, 1.54) is 4.73 Å². The van der Waals surface area contributed by atoms with Crippen LogP contribution in [0.25, 0.3) is 22.6 Å². The van der Waals surface area contributed by atoms with E-state index in [1.54, 1.807) is 0 Å². The molecule has 0 radical (unpaired) electrons. The lowest BCUT2D eigenvalue weighted by atomic mass is 10.2. The van der Waals surface area contributed by atoms with Gasteiger partial charge in [0.2, 0.25) is 0 Å². The Morgan fingerprint density at radius 3 is 2.75 bits per heavy atom. The van der Waals surface area contributed by atoms with E-state index in [4.69, 9.17) is 16.0 Å². The van der Waals surface area contributed by atoms with Gasteiger partial charge in [-0.2, -0.15) is 4.98 Å². The third kappa shape index (κ3) is 1.89. The number of imidazole rings is 1. The van der Waals surface area contributed by atoms with Crippen molar-refractivity contribution in [3.8, 4) is 11.4 Å². The van der Waals surface area contributed by atoms with Crippen molar-refractivity contribution in [1.82, 2.24) is 19.7 Å². The molecule has 7 nitrogen and oxygen atoms in total. The van der Waals surface area contributed by atoms with Crippen LogP contribution < -0.4 is 16.2 Å². The van der Waals surface area contributed by atoms with Crippen molar-refractivity contribution in [3.63, 3.8) is 0 Å². The summed E-state index contributed by atoms with van der Waals surface area (Å²) >= 11 is 0. The molecule has 0 unspecified atom stereocenters. The minimum atomic E-state index is -0.0806. The predicted molar refractivity (Wildman–Crippen MR) is 74.7 cm³/mol. The number of aromatic amines is 1. The zero-order chi connectivity index (χ0) is 14.1. The van der Waals surface area contributed by atoms with E-state index in [9.17, 15) is 0 Å². The number of anilines is 1. The molecule has 0 saturated carbocycles. The average Bonchev–Trinajstić information content (AvgIpc) is 2.88. The molecule has 0 bridgehead atoms. The van der Waals surface area contributed by atoms with Crippen LogP contribution in [0.5, 0.6) is 0 Å². The maximum absolute atomic E-state index is 7.80. The number of H-pyrrole nitrogens is 1. The molecule has 2 aromatic heterocycles. The van der Waals surface area contributed by atoms with Crippen LogP contribution in [-0.2, 0) is 0 Å². The molecule has 4 N–H and O–H groups in total. The number of rotatable bonds is 3. The van der Waals surface area contributed by atoms with E-state index < -0.39 is 0 Å². The Hall–Kier alpha value is -2.83. The molecule has 0 saturated heterocycles. The van der Waals surface area contributed by atoms with E-state index in [2.05, 4.69) is 15.0 Å². The van der Waals surface area contributed by atoms with E-state index in [0.717, 1.165) is 5.56 Å².